The van der Waals surface area contributed by atoms with Gasteiger partial charge < -0.3 is 8.98 Å². The number of aromatic nitrogens is 3. The molecule has 0 aliphatic rings. The molecule has 12 aromatic rings. The van der Waals surface area contributed by atoms with E-state index >= 15 is 0 Å². The first-order valence-electron chi connectivity index (χ1n) is 25.4. The van der Waals surface area contributed by atoms with E-state index in [9.17, 15) is 0 Å². The van der Waals surface area contributed by atoms with Crippen LogP contribution in [0, 0.1) is 19.0 Å². The van der Waals surface area contributed by atoms with Gasteiger partial charge in [0.2, 0.25) is 0 Å². The fraction of sp³-hybridized carbons (Fsp3) is 0.156. The third-order valence-corrected chi connectivity index (χ3v) is 17.8. The summed E-state index contributed by atoms with van der Waals surface area (Å²) >= 11 is -1.72. The molecule has 0 atom stereocenters. The number of furan rings is 1. The quantitative estimate of drug-likeness (QED) is 0.0907. The van der Waals surface area contributed by atoms with Crippen LogP contribution < -0.4 is 4.40 Å². The van der Waals surface area contributed by atoms with Crippen LogP contribution in [0.5, 0.6) is 0 Å². The van der Waals surface area contributed by atoms with E-state index in [1.54, 1.807) is 6.07 Å². The van der Waals surface area contributed by atoms with Gasteiger partial charge in [0.15, 0.2) is 0 Å². The van der Waals surface area contributed by atoms with Crippen LogP contribution in [0.3, 0.4) is 0 Å². The van der Waals surface area contributed by atoms with Crippen LogP contribution in [0.4, 0.5) is 0 Å². The summed E-state index contributed by atoms with van der Waals surface area (Å²) in [6.45, 7) is 6.59. The van der Waals surface area contributed by atoms with Crippen molar-refractivity contribution < 1.29 is 28.6 Å². The summed E-state index contributed by atoms with van der Waals surface area (Å²) in [7, 11) is 0. The van der Waals surface area contributed by atoms with E-state index in [1.165, 1.54) is 26.6 Å². The SMILES string of the molecule is [2H]C([2H])([2H])c1c[c-]c(-c2nc3ccc4ccccc4c3n2-c2c(C(C)C)cc(-c3ccccc3)cc2C(C)C)c2oc3cc4ccc5ccccc5c4cc3c12.[CH3][Ge]([CH3])([CH3])[c]1ccc(-c2[c-]cccc2)nc1.[Ir]. The molecule has 0 aliphatic carbocycles. The monoisotopic (exact) mass is 1150 g/mol. The molecule has 3 heterocycles. The molecule has 0 aliphatic heterocycles. The van der Waals surface area contributed by atoms with Gasteiger partial charge >= 0.3 is 99.8 Å². The maximum atomic E-state index is 8.69. The van der Waals surface area contributed by atoms with Gasteiger partial charge in [-0.3, -0.25) is 4.98 Å². The van der Waals surface area contributed by atoms with E-state index in [1.807, 2.05) is 48.7 Å². The second kappa shape index (κ2) is 18.9. The summed E-state index contributed by atoms with van der Waals surface area (Å²) in [6.07, 6.45) is 2.04. The van der Waals surface area contributed by atoms with Gasteiger partial charge in [-0.2, -0.15) is 0 Å². The molecule has 0 amide bonds. The number of benzene rings is 9. The smallest absolute Gasteiger partial charge is 0 e. The zero-order valence-electron chi connectivity index (χ0n) is 43.5. The Morgan fingerprint density at radius 1 is 0.629 bits per heavy atom. The number of hydrogen-bond donors (Lipinski definition) is 0. The number of rotatable bonds is 7. The van der Waals surface area contributed by atoms with E-state index in [0.29, 0.717) is 27.9 Å². The van der Waals surface area contributed by atoms with Crippen LogP contribution in [0.2, 0.25) is 17.3 Å². The minimum Gasteiger partial charge on any atom is 0 e. The fourth-order valence-electron chi connectivity index (χ4n) is 9.88. The summed E-state index contributed by atoms with van der Waals surface area (Å²) in [4.78, 5) is 9.96. The largest absolute Gasteiger partial charge is 0 e. The van der Waals surface area contributed by atoms with Crippen molar-refractivity contribution in [2.45, 2.75) is 63.7 Å². The number of imidazole rings is 1. The Balaban J connectivity index is 0.000000307. The molecule has 12 rings (SSSR count). The maximum Gasteiger partial charge on any atom is 0 e. The normalized spacial score (nSPS) is 12.7. The van der Waals surface area contributed by atoms with Crippen molar-refractivity contribution in [1.29, 1.82) is 0 Å². The topological polar surface area (TPSA) is 43.9 Å². The van der Waals surface area contributed by atoms with Gasteiger partial charge in [-0.1, -0.05) is 143 Å². The van der Waals surface area contributed by atoms with E-state index in [0.717, 1.165) is 65.7 Å². The van der Waals surface area contributed by atoms with Crippen molar-refractivity contribution in [2.75, 3.05) is 0 Å². The van der Waals surface area contributed by atoms with Crippen molar-refractivity contribution in [3.8, 4) is 39.5 Å². The van der Waals surface area contributed by atoms with Crippen LogP contribution in [0.15, 0.2) is 180 Å². The first-order valence-corrected chi connectivity index (χ1v) is 31.3. The average Bonchev–Trinajstić information content (AvgIpc) is 3.96. The number of fused-ring (bicyclic) bond motifs is 9. The summed E-state index contributed by atoms with van der Waals surface area (Å²) in [5.74, 6) is 8.13. The molecule has 0 N–H and O–H groups in total. The van der Waals surface area contributed by atoms with E-state index < -0.39 is 20.1 Å². The number of nitrogens with zero attached hydrogens (tertiary/aromatic N) is 3. The van der Waals surface area contributed by atoms with Crippen molar-refractivity contribution in [2.24, 2.45) is 0 Å². The Kier molecular flexibility index (Phi) is 11.7. The molecule has 347 valence electrons. The molecule has 6 heteroatoms. The van der Waals surface area contributed by atoms with E-state index in [2.05, 4.69) is 188 Å². The Morgan fingerprint density at radius 3 is 1.97 bits per heavy atom. The molecule has 0 saturated heterocycles. The summed E-state index contributed by atoms with van der Waals surface area (Å²) in [5, 5.41) is 7.82. The Bertz CT molecular complexity index is 3980. The third-order valence-electron chi connectivity index (χ3n) is 13.5. The maximum absolute atomic E-state index is 8.69. The Labute approximate surface area is 431 Å². The van der Waals surface area contributed by atoms with Gasteiger partial charge in [0.05, 0.1) is 22.4 Å². The second-order valence-corrected chi connectivity index (χ2v) is 30.5. The average molecular weight is 1150 g/mol. The van der Waals surface area contributed by atoms with Crippen molar-refractivity contribution >= 4 is 83.0 Å². The van der Waals surface area contributed by atoms with Crippen molar-refractivity contribution in [3.63, 3.8) is 0 Å². The first kappa shape index (κ1) is 43.4. The number of aryl methyl sites for hydroxylation is 1. The van der Waals surface area contributed by atoms with Crippen LogP contribution in [-0.2, 0) is 20.1 Å². The van der Waals surface area contributed by atoms with Crippen molar-refractivity contribution in [1.82, 2.24) is 14.5 Å². The van der Waals surface area contributed by atoms with Crippen LogP contribution in [0.25, 0.3) is 105 Å². The Hall–Kier alpha value is -6.63. The standard InChI is InChI=1S/C50H39N2O.C14H16GeN.Ir/c1-29(2)40-25-36(32-13-7-6-8-14-32)26-41(30(3)4)47(40)52-48-38-18-12-10-16-34(38)22-24-44(48)51-50(52)39-23-19-31(5)46-43-28-42-35(27-45(43)53-49(39)46)21-20-33-15-9-11-17-37(33)42;1-15(2,3)13-9-10-14(16-11-13)12-7-5-4-6-8-12;/h6-22,24-30H,1-5H3;4-7,9-11H,1-3H3;/q2*-1;/i5D3;;. The molecule has 0 saturated carbocycles. The number of hydrogen-bond acceptors (Lipinski definition) is 3. The fourth-order valence-corrected chi connectivity index (χ4v) is 12.0. The van der Waals surface area contributed by atoms with Crippen LogP contribution >= 0.6 is 0 Å². The molecule has 0 spiro atoms. The van der Waals surface area contributed by atoms with Gasteiger partial charge in [0.1, 0.15) is 5.58 Å². The van der Waals surface area contributed by atoms with Gasteiger partial charge in [-0.25, -0.2) is 0 Å². The molecule has 0 unspecified atom stereocenters. The Morgan fingerprint density at radius 2 is 1.30 bits per heavy atom. The van der Waals surface area contributed by atoms with Crippen molar-refractivity contribution in [3.05, 3.63) is 205 Å². The first-order chi connectivity index (χ1) is 34.6. The minimum atomic E-state index is -2.41. The van der Waals surface area contributed by atoms with Gasteiger partial charge in [-0.05, 0) is 91.4 Å². The molecule has 1 radical (unpaired) electrons. The van der Waals surface area contributed by atoms with Crippen LogP contribution in [0.1, 0.15) is 60.3 Å². The van der Waals surface area contributed by atoms with E-state index in [-0.39, 0.29) is 37.5 Å². The minimum absolute atomic E-state index is 0. The predicted molar refractivity (Wildman–Crippen MR) is 295 cm³/mol. The molecule has 70 heavy (non-hydrogen) atoms. The summed E-state index contributed by atoms with van der Waals surface area (Å²) in [6, 6.07) is 65.1. The molecular formula is C64H55GeIrN3O-2. The van der Waals surface area contributed by atoms with Gasteiger partial charge in [-0.15, -0.1) is 17.7 Å². The zero-order chi connectivity index (χ0) is 50.1. The molecule has 3 aromatic heterocycles. The molecule has 0 bridgehead atoms. The van der Waals surface area contributed by atoms with E-state index in [4.69, 9.17) is 13.5 Å². The predicted octanol–water partition coefficient (Wildman–Crippen LogP) is 17.2. The molecule has 4 nitrogen and oxygen atoms in total. The zero-order valence-corrected chi connectivity index (χ0v) is 45.0. The molecular weight excluding hydrogens is 1090 g/mol. The van der Waals surface area contributed by atoms with Gasteiger partial charge in [0, 0.05) is 40.7 Å². The summed E-state index contributed by atoms with van der Waals surface area (Å²) < 4.78 is 36.7. The second-order valence-electron chi connectivity index (χ2n) is 19.8. The summed E-state index contributed by atoms with van der Waals surface area (Å²) in [5.41, 5.74) is 11.6. The molecule has 0 fully saturated rings. The number of pyridine rings is 1. The van der Waals surface area contributed by atoms with Crippen LogP contribution in [-0.4, -0.2) is 27.8 Å². The molecule has 9 aromatic carbocycles. The third kappa shape index (κ3) is 8.48. The van der Waals surface area contributed by atoms with Gasteiger partial charge in [0.25, 0.3) is 0 Å².